The van der Waals surface area contributed by atoms with E-state index < -0.39 is 0 Å². The molecule has 108 valence electrons. The number of hydrogen-bond donors (Lipinski definition) is 0. The Kier molecular flexibility index (Phi) is 5.11. The van der Waals surface area contributed by atoms with Gasteiger partial charge in [-0.15, -0.1) is 0 Å². The van der Waals surface area contributed by atoms with Gasteiger partial charge in [0.05, 0.1) is 25.8 Å². The summed E-state index contributed by atoms with van der Waals surface area (Å²) in [7, 11) is 3.34. The first-order chi connectivity index (χ1) is 8.74. The SMILES string of the molecule is COC(=O)C(C)CN(C)Cc1ncc(C(C)(C)C)o1. The number of oxazole rings is 1. The predicted molar refractivity (Wildman–Crippen MR) is 72.7 cm³/mol. The normalized spacial score (nSPS) is 13.6. The van der Waals surface area contributed by atoms with Gasteiger partial charge in [0.25, 0.3) is 0 Å². The van der Waals surface area contributed by atoms with Crippen molar-refractivity contribution >= 4 is 5.97 Å². The van der Waals surface area contributed by atoms with E-state index in [0.717, 1.165) is 5.76 Å². The van der Waals surface area contributed by atoms with Crippen molar-refractivity contribution in [3.63, 3.8) is 0 Å². The minimum atomic E-state index is -0.199. The third kappa shape index (κ3) is 4.67. The summed E-state index contributed by atoms with van der Waals surface area (Å²) in [5.74, 6) is 1.18. The highest BCUT2D eigenvalue weighted by atomic mass is 16.5. The quantitative estimate of drug-likeness (QED) is 0.766. The van der Waals surface area contributed by atoms with Gasteiger partial charge in [0.1, 0.15) is 5.76 Å². The van der Waals surface area contributed by atoms with Gasteiger partial charge < -0.3 is 9.15 Å². The second kappa shape index (κ2) is 6.19. The Labute approximate surface area is 114 Å². The number of hydrogen-bond acceptors (Lipinski definition) is 5. The van der Waals surface area contributed by atoms with E-state index in [1.807, 2.05) is 18.9 Å². The van der Waals surface area contributed by atoms with Gasteiger partial charge in [0.15, 0.2) is 0 Å². The second-order valence-electron chi connectivity index (χ2n) is 5.99. The summed E-state index contributed by atoms with van der Waals surface area (Å²) < 4.78 is 10.4. The van der Waals surface area contributed by atoms with E-state index in [0.29, 0.717) is 19.0 Å². The van der Waals surface area contributed by atoms with Crippen LogP contribution < -0.4 is 0 Å². The average molecular weight is 268 g/mol. The highest BCUT2D eigenvalue weighted by Crippen LogP contribution is 2.23. The Morgan fingerprint density at radius 2 is 2.16 bits per heavy atom. The zero-order valence-electron chi connectivity index (χ0n) is 12.7. The summed E-state index contributed by atoms with van der Waals surface area (Å²) in [6, 6.07) is 0. The van der Waals surface area contributed by atoms with Crippen LogP contribution in [0.1, 0.15) is 39.3 Å². The maximum atomic E-state index is 11.3. The molecule has 1 aromatic heterocycles. The molecule has 0 aliphatic heterocycles. The maximum Gasteiger partial charge on any atom is 0.309 e. The van der Waals surface area contributed by atoms with Gasteiger partial charge in [-0.05, 0) is 7.05 Å². The van der Waals surface area contributed by atoms with E-state index in [1.165, 1.54) is 7.11 Å². The highest BCUT2D eigenvalue weighted by molar-refractivity contribution is 5.71. The fourth-order valence-corrected chi connectivity index (χ4v) is 1.77. The Hall–Kier alpha value is -1.36. The maximum absolute atomic E-state index is 11.3. The van der Waals surface area contributed by atoms with Crippen LogP contribution in [0.2, 0.25) is 0 Å². The number of carbonyl (C=O) groups excluding carboxylic acids is 1. The first kappa shape index (κ1) is 15.7. The lowest BCUT2D eigenvalue weighted by molar-refractivity contribution is -0.145. The first-order valence-corrected chi connectivity index (χ1v) is 6.45. The molecule has 1 unspecified atom stereocenters. The summed E-state index contributed by atoms with van der Waals surface area (Å²) in [6.07, 6.45) is 1.77. The zero-order valence-corrected chi connectivity index (χ0v) is 12.7. The Bertz CT molecular complexity index is 421. The van der Waals surface area contributed by atoms with Crippen molar-refractivity contribution in [2.75, 3.05) is 20.7 Å². The number of aromatic nitrogens is 1. The van der Waals surface area contributed by atoms with Crippen molar-refractivity contribution < 1.29 is 13.9 Å². The van der Waals surface area contributed by atoms with E-state index in [4.69, 9.17) is 9.15 Å². The van der Waals surface area contributed by atoms with Gasteiger partial charge in [-0.1, -0.05) is 27.7 Å². The highest BCUT2D eigenvalue weighted by Gasteiger charge is 2.20. The fourth-order valence-electron chi connectivity index (χ4n) is 1.77. The molecule has 0 saturated carbocycles. The molecule has 1 aromatic rings. The van der Waals surface area contributed by atoms with Crippen LogP contribution in [0.15, 0.2) is 10.6 Å². The molecule has 0 amide bonds. The lowest BCUT2D eigenvalue weighted by atomic mass is 9.94. The Morgan fingerprint density at radius 3 is 2.63 bits per heavy atom. The minimum Gasteiger partial charge on any atom is -0.469 e. The molecule has 0 radical (unpaired) electrons. The lowest BCUT2D eigenvalue weighted by Gasteiger charge is -2.18. The fraction of sp³-hybridized carbons (Fsp3) is 0.714. The number of nitrogens with zero attached hydrogens (tertiary/aromatic N) is 2. The molecular formula is C14H24N2O3. The molecule has 1 rings (SSSR count). The molecule has 1 heterocycles. The van der Waals surface area contributed by atoms with Crippen LogP contribution in [0.5, 0.6) is 0 Å². The molecule has 5 nitrogen and oxygen atoms in total. The van der Waals surface area contributed by atoms with Gasteiger partial charge >= 0.3 is 5.97 Å². The molecule has 0 aliphatic carbocycles. The molecule has 0 bridgehead atoms. The molecule has 0 fully saturated rings. The first-order valence-electron chi connectivity index (χ1n) is 6.45. The standard InChI is InChI=1S/C14H24N2O3/c1-10(13(17)18-6)8-16(5)9-12-15-7-11(19-12)14(2,3)4/h7,10H,8-9H2,1-6H3. The summed E-state index contributed by atoms with van der Waals surface area (Å²) >= 11 is 0. The number of rotatable bonds is 5. The Morgan fingerprint density at radius 1 is 1.53 bits per heavy atom. The van der Waals surface area contributed by atoms with Crippen molar-refractivity contribution in [1.82, 2.24) is 9.88 Å². The summed E-state index contributed by atoms with van der Waals surface area (Å²) in [5, 5.41) is 0. The summed E-state index contributed by atoms with van der Waals surface area (Å²) in [5.41, 5.74) is -0.0386. The summed E-state index contributed by atoms with van der Waals surface area (Å²) in [4.78, 5) is 17.6. The molecular weight excluding hydrogens is 244 g/mol. The summed E-state index contributed by atoms with van der Waals surface area (Å²) in [6.45, 7) is 9.29. The van der Waals surface area contributed by atoms with Crippen LogP contribution in [0.25, 0.3) is 0 Å². The molecule has 5 heteroatoms. The third-order valence-corrected chi connectivity index (χ3v) is 2.89. The van der Waals surface area contributed by atoms with E-state index in [1.54, 1.807) is 6.20 Å². The topological polar surface area (TPSA) is 55.6 Å². The van der Waals surface area contributed by atoms with Gasteiger partial charge in [-0.3, -0.25) is 9.69 Å². The van der Waals surface area contributed by atoms with E-state index in [2.05, 4.69) is 25.8 Å². The van der Waals surface area contributed by atoms with Crippen LogP contribution >= 0.6 is 0 Å². The van der Waals surface area contributed by atoms with Crippen molar-refractivity contribution in [3.8, 4) is 0 Å². The lowest BCUT2D eigenvalue weighted by Crippen LogP contribution is -2.29. The van der Waals surface area contributed by atoms with Gasteiger partial charge in [-0.2, -0.15) is 0 Å². The number of ether oxygens (including phenoxy) is 1. The number of esters is 1. The monoisotopic (exact) mass is 268 g/mol. The molecule has 19 heavy (non-hydrogen) atoms. The van der Waals surface area contributed by atoms with Crippen molar-refractivity contribution in [2.24, 2.45) is 5.92 Å². The molecule has 0 aromatic carbocycles. The second-order valence-corrected chi connectivity index (χ2v) is 5.99. The smallest absolute Gasteiger partial charge is 0.309 e. The van der Waals surface area contributed by atoms with Gasteiger partial charge in [-0.25, -0.2) is 4.98 Å². The number of carbonyl (C=O) groups is 1. The van der Waals surface area contributed by atoms with Crippen LogP contribution in [0.4, 0.5) is 0 Å². The molecule has 0 spiro atoms. The third-order valence-electron chi connectivity index (χ3n) is 2.89. The molecule has 0 aliphatic rings. The van der Waals surface area contributed by atoms with Gasteiger partial charge in [0, 0.05) is 12.0 Å². The molecule has 0 saturated heterocycles. The minimum absolute atomic E-state index is 0.0386. The van der Waals surface area contributed by atoms with E-state index in [9.17, 15) is 4.79 Å². The van der Waals surface area contributed by atoms with Crippen molar-refractivity contribution in [2.45, 2.75) is 39.7 Å². The van der Waals surface area contributed by atoms with Crippen molar-refractivity contribution in [3.05, 3.63) is 17.8 Å². The van der Waals surface area contributed by atoms with Gasteiger partial charge in [0.2, 0.25) is 5.89 Å². The Balaban J connectivity index is 2.55. The number of methoxy groups -OCH3 is 1. The van der Waals surface area contributed by atoms with Crippen molar-refractivity contribution in [1.29, 1.82) is 0 Å². The predicted octanol–water partition coefficient (Wildman–Crippen LogP) is 2.21. The van der Waals surface area contributed by atoms with E-state index in [-0.39, 0.29) is 17.3 Å². The molecule has 1 atom stereocenters. The largest absolute Gasteiger partial charge is 0.469 e. The van der Waals surface area contributed by atoms with Crippen LogP contribution in [0, 0.1) is 5.92 Å². The van der Waals surface area contributed by atoms with E-state index >= 15 is 0 Å². The zero-order chi connectivity index (χ0) is 14.6. The van der Waals surface area contributed by atoms with Crippen LogP contribution in [0.3, 0.4) is 0 Å². The molecule has 0 N–H and O–H groups in total. The van der Waals surface area contributed by atoms with Crippen LogP contribution in [-0.4, -0.2) is 36.6 Å². The van der Waals surface area contributed by atoms with Crippen LogP contribution in [-0.2, 0) is 21.5 Å². The average Bonchev–Trinajstić information content (AvgIpc) is 2.75.